The molecule has 0 amide bonds. The van der Waals surface area contributed by atoms with Gasteiger partial charge >= 0.3 is 0 Å². The van der Waals surface area contributed by atoms with Crippen LogP contribution in [0.3, 0.4) is 0 Å². The quantitative estimate of drug-likeness (QED) is 0.714. The number of hydrogen-bond donors (Lipinski definition) is 0. The highest BCUT2D eigenvalue weighted by Gasteiger charge is 2.36. The van der Waals surface area contributed by atoms with Gasteiger partial charge in [0.1, 0.15) is 0 Å². The van der Waals surface area contributed by atoms with E-state index in [9.17, 15) is 0 Å². The van der Waals surface area contributed by atoms with Gasteiger partial charge in [-0.3, -0.25) is 4.68 Å². The fourth-order valence-electron chi connectivity index (χ4n) is 4.32. The standard InChI is InChI=1S/C20H21N3/c1-2-4-15(5-3-1)17-6-7-18-13-21-23(19(18)12-17)20-14-22-10-8-16(20)9-11-22/h1-7,12-13,16,20H,8-11,14H2/t20-/m1/s1. The van der Waals surface area contributed by atoms with Crippen LogP contribution in [0.25, 0.3) is 22.0 Å². The van der Waals surface area contributed by atoms with E-state index in [2.05, 4.69) is 58.1 Å². The fourth-order valence-corrected chi connectivity index (χ4v) is 4.32. The van der Waals surface area contributed by atoms with Gasteiger partial charge in [0.25, 0.3) is 0 Å². The summed E-state index contributed by atoms with van der Waals surface area (Å²) in [5.74, 6) is 0.795. The van der Waals surface area contributed by atoms with Gasteiger partial charge in [0.2, 0.25) is 0 Å². The zero-order valence-corrected chi connectivity index (χ0v) is 13.2. The monoisotopic (exact) mass is 303 g/mol. The van der Waals surface area contributed by atoms with Crippen LogP contribution in [0.1, 0.15) is 18.9 Å². The molecular weight excluding hydrogens is 282 g/mol. The third kappa shape index (κ3) is 2.19. The van der Waals surface area contributed by atoms with Gasteiger partial charge in [0, 0.05) is 11.9 Å². The lowest BCUT2D eigenvalue weighted by molar-refractivity contribution is 0.0534. The minimum Gasteiger partial charge on any atom is -0.301 e. The molecule has 3 aliphatic rings. The van der Waals surface area contributed by atoms with Crippen LogP contribution in [0, 0.1) is 5.92 Å². The Kier molecular flexibility index (Phi) is 3.01. The second-order valence-corrected chi connectivity index (χ2v) is 6.93. The number of nitrogens with zero attached hydrogens (tertiary/aromatic N) is 3. The summed E-state index contributed by atoms with van der Waals surface area (Å²) >= 11 is 0. The first kappa shape index (κ1) is 13.3. The molecule has 1 aromatic heterocycles. The first-order valence-corrected chi connectivity index (χ1v) is 8.63. The summed E-state index contributed by atoms with van der Waals surface area (Å²) in [5.41, 5.74) is 3.84. The van der Waals surface area contributed by atoms with Gasteiger partial charge in [-0.2, -0.15) is 5.10 Å². The van der Waals surface area contributed by atoms with Crippen LogP contribution in [0.15, 0.2) is 54.7 Å². The Bertz CT molecular complexity index is 828. The van der Waals surface area contributed by atoms with Gasteiger partial charge in [-0.25, -0.2) is 0 Å². The zero-order chi connectivity index (χ0) is 15.2. The van der Waals surface area contributed by atoms with E-state index in [1.54, 1.807) is 0 Å². The molecule has 0 spiro atoms. The molecule has 0 aliphatic carbocycles. The lowest BCUT2D eigenvalue weighted by atomic mass is 9.84. The maximum absolute atomic E-state index is 4.76. The summed E-state index contributed by atoms with van der Waals surface area (Å²) in [4.78, 5) is 2.60. The van der Waals surface area contributed by atoms with E-state index in [0.29, 0.717) is 6.04 Å². The third-order valence-electron chi connectivity index (χ3n) is 5.64. The van der Waals surface area contributed by atoms with Gasteiger partial charge in [-0.15, -0.1) is 0 Å². The molecule has 2 aromatic carbocycles. The molecule has 116 valence electrons. The third-order valence-corrected chi connectivity index (χ3v) is 5.64. The Labute approximate surface area is 136 Å². The molecule has 0 N–H and O–H groups in total. The van der Waals surface area contributed by atoms with Gasteiger partial charge in [-0.05, 0) is 49.0 Å². The number of benzene rings is 2. The van der Waals surface area contributed by atoms with Crippen LogP contribution in [-0.2, 0) is 0 Å². The Morgan fingerprint density at radius 2 is 1.74 bits per heavy atom. The molecule has 23 heavy (non-hydrogen) atoms. The van der Waals surface area contributed by atoms with Crippen molar-refractivity contribution < 1.29 is 0 Å². The fraction of sp³-hybridized carbons (Fsp3) is 0.350. The van der Waals surface area contributed by atoms with Gasteiger partial charge in [-0.1, -0.05) is 42.5 Å². The molecule has 3 saturated heterocycles. The van der Waals surface area contributed by atoms with E-state index >= 15 is 0 Å². The topological polar surface area (TPSA) is 21.1 Å². The number of fused-ring (bicyclic) bond motifs is 4. The van der Waals surface area contributed by atoms with E-state index < -0.39 is 0 Å². The molecule has 2 bridgehead atoms. The number of rotatable bonds is 2. The Morgan fingerprint density at radius 1 is 0.913 bits per heavy atom. The van der Waals surface area contributed by atoms with E-state index in [0.717, 1.165) is 12.5 Å². The van der Waals surface area contributed by atoms with Gasteiger partial charge in [0.05, 0.1) is 17.8 Å². The van der Waals surface area contributed by atoms with E-state index in [1.807, 2.05) is 6.20 Å². The molecule has 3 nitrogen and oxygen atoms in total. The van der Waals surface area contributed by atoms with Crippen LogP contribution in [0.5, 0.6) is 0 Å². The summed E-state index contributed by atoms with van der Waals surface area (Å²) in [7, 11) is 0. The smallest absolute Gasteiger partial charge is 0.0692 e. The van der Waals surface area contributed by atoms with Crippen LogP contribution >= 0.6 is 0 Å². The molecule has 6 rings (SSSR count). The highest BCUT2D eigenvalue weighted by Crippen LogP contribution is 2.37. The Balaban J connectivity index is 1.60. The van der Waals surface area contributed by atoms with Crippen LogP contribution in [0.2, 0.25) is 0 Å². The van der Waals surface area contributed by atoms with Gasteiger partial charge in [0.15, 0.2) is 0 Å². The summed E-state index contributed by atoms with van der Waals surface area (Å²) in [6.07, 6.45) is 4.68. The summed E-state index contributed by atoms with van der Waals surface area (Å²) in [5, 5.41) is 6.01. The van der Waals surface area contributed by atoms with Crippen LogP contribution < -0.4 is 0 Å². The first-order chi connectivity index (χ1) is 11.4. The van der Waals surface area contributed by atoms with Crippen LogP contribution in [-0.4, -0.2) is 34.3 Å². The Hall–Kier alpha value is -2.13. The summed E-state index contributed by atoms with van der Waals surface area (Å²) in [6, 6.07) is 17.9. The second-order valence-electron chi connectivity index (χ2n) is 6.93. The highest BCUT2D eigenvalue weighted by atomic mass is 15.3. The average Bonchev–Trinajstić information content (AvgIpc) is 3.06. The van der Waals surface area contributed by atoms with Gasteiger partial charge < -0.3 is 4.90 Å². The predicted molar refractivity (Wildman–Crippen MR) is 93.4 cm³/mol. The SMILES string of the molecule is c1ccc(-c2ccc3cnn([C@@H]4CN5CCC4CC5)c3c2)cc1. The summed E-state index contributed by atoms with van der Waals surface area (Å²) < 4.78 is 2.30. The summed E-state index contributed by atoms with van der Waals surface area (Å²) in [6.45, 7) is 3.71. The van der Waals surface area contributed by atoms with Crippen molar-refractivity contribution in [2.45, 2.75) is 18.9 Å². The number of hydrogen-bond acceptors (Lipinski definition) is 2. The maximum Gasteiger partial charge on any atom is 0.0692 e. The normalized spacial score (nSPS) is 26.7. The second kappa shape index (κ2) is 5.20. The number of aromatic nitrogens is 2. The minimum absolute atomic E-state index is 0.543. The van der Waals surface area contributed by atoms with E-state index in [4.69, 9.17) is 5.10 Å². The van der Waals surface area contributed by atoms with Crippen molar-refractivity contribution in [2.75, 3.05) is 19.6 Å². The average molecular weight is 303 g/mol. The molecule has 3 heteroatoms. The molecule has 3 aromatic rings. The molecule has 3 aliphatic heterocycles. The van der Waals surface area contributed by atoms with Crippen molar-refractivity contribution in [1.29, 1.82) is 0 Å². The van der Waals surface area contributed by atoms with Crippen molar-refractivity contribution in [1.82, 2.24) is 14.7 Å². The molecule has 0 saturated carbocycles. The molecule has 3 fully saturated rings. The van der Waals surface area contributed by atoms with E-state index in [-0.39, 0.29) is 0 Å². The molecular formula is C20H21N3. The predicted octanol–water partition coefficient (Wildman–Crippen LogP) is 3.97. The van der Waals surface area contributed by atoms with Crippen molar-refractivity contribution in [2.24, 2.45) is 5.92 Å². The maximum atomic E-state index is 4.76. The molecule has 0 radical (unpaired) electrons. The van der Waals surface area contributed by atoms with Crippen molar-refractivity contribution in [3.8, 4) is 11.1 Å². The van der Waals surface area contributed by atoms with Crippen LogP contribution in [0.4, 0.5) is 0 Å². The largest absolute Gasteiger partial charge is 0.301 e. The first-order valence-electron chi connectivity index (χ1n) is 8.63. The lowest BCUT2D eigenvalue weighted by Gasteiger charge is -2.44. The van der Waals surface area contributed by atoms with Crippen molar-refractivity contribution in [3.63, 3.8) is 0 Å². The zero-order valence-electron chi connectivity index (χ0n) is 13.2. The highest BCUT2D eigenvalue weighted by molar-refractivity contribution is 5.84. The van der Waals surface area contributed by atoms with Crippen molar-refractivity contribution in [3.05, 3.63) is 54.7 Å². The molecule has 0 unspecified atom stereocenters. The minimum atomic E-state index is 0.543. The molecule has 4 heterocycles. The number of piperidine rings is 3. The van der Waals surface area contributed by atoms with Crippen molar-refractivity contribution >= 4 is 10.9 Å². The lowest BCUT2D eigenvalue weighted by Crippen LogP contribution is -2.48. The van der Waals surface area contributed by atoms with E-state index in [1.165, 1.54) is 48.0 Å². The Morgan fingerprint density at radius 3 is 2.48 bits per heavy atom. The molecule has 1 atom stereocenters.